The first-order chi connectivity index (χ1) is 17.0. The van der Waals surface area contributed by atoms with Crippen LogP contribution in [0.25, 0.3) is 22.0 Å². The molecule has 1 atom stereocenters. The molecule has 4 aromatic rings. The molecule has 1 amide bonds. The first-order valence-electron chi connectivity index (χ1n) is 11.5. The van der Waals surface area contributed by atoms with Gasteiger partial charge in [0.05, 0.1) is 23.9 Å². The third-order valence-corrected chi connectivity index (χ3v) is 6.37. The number of carbonyl (C=O) groups is 1. The predicted octanol–water partition coefficient (Wildman–Crippen LogP) is 5.94. The Kier molecular flexibility index (Phi) is 6.14. The lowest BCUT2D eigenvalue weighted by atomic mass is 9.91. The van der Waals surface area contributed by atoms with Crippen molar-refractivity contribution in [3.63, 3.8) is 0 Å². The number of rotatable bonds is 5. The first-order valence-corrected chi connectivity index (χ1v) is 11.9. The minimum atomic E-state index is -0.386. The average Bonchev–Trinajstić information content (AvgIpc) is 3.30. The van der Waals surface area contributed by atoms with E-state index in [4.69, 9.17) is 16.3 Å². The minimum absolute atomic E-state index is 0.210. The van der Waals surface area contributed by atoms with Crippen LogP contribution in [0.1, 0.15) is 37.4 Å². The van der Waals surface area contributed by atoms with Gasteiger partial charge in [-0.3, -0.25) is 9.59 Å². The van der Waals surface area contributed by atoms with Crippen molar-refractivity contribution in [2.75, 3.05) is 6.61 Å². The summed E-state index contributed by atoms with van der Waals surface area (Å²) in [7, 11) is 0. The quantitative estimate of drug-likeness (QED) is 0.380. The number of nitrogens with one attached hydrogen (secondary N) is 1. The summed E-state index contributed by atoms with van der Waals surface area (Å²) in [6.07, 6.45) is 0.374. The number of ether oxygens (including phenoxy) is 1. The molecular formula is C28H24ClN3O3. The molecule has 2 heterocycles. The van der Waals surface area contributed by atoms with E-state index < -0.39 is 0 Å². The van der Waals surface area contributed by atoms with E-state index >= 15 is 0 Å². The molecule has 0 aliphatic carbocycles. The second kappa shape index (κ2) is 9.39. The summed E-state index contributed by atoms with van der Waals surface area (Å²) >= 11 is 6.36. The number of hydrogen-bond acceptors (Lipinski definition) is 4. The number of carbonyl (C=O) groups excluding carboxylic acids is 1. The van der Waals surface area contributed by atoms with Crippen molar-refractivity contribution in [2.24, 2.45) is 5.10 Å². The number of amides is 1. The highest BCUT2D eigenvalue weighted by molar-refractivity contribution is 6.31. The van der Waals surface area contributed by atoms with Gasteiger partial charge in [0.2, 0.25) is 5.91 Å². The monoisotopic (exact) mass is 485 g/mol. The van der Waals surface area contributed by atoms with Gasteiger partial charge in [0.15, 0.2) is 0 Å². The molecule has 1 aliphatic heterocycles. The number of hydrazone groups is 1. The average molecular weight is 486 g/mol. The maximum atomic E-state index is 13.5. The van der Waals surface area contributed by atoms with Crippen LogP contribution in [0.15, 0.2) is 82.7 Å². The molecular weight excluding hydrogens is 462 g/mol. The highest BCUT2D eigenvalue weighted by Gasteiger charge is 2.35. The van der Waals surface area contributed by atoms with E-state index in [9.17, 15) is 9.59 Å². The highest BCUT2D eigenvalue weighted by atomic mass is 35.5. The summed E-state index contributed by atoms with van der Waals surface area (Å²) in [4.78, 5) is 29.1. The number of fused-ring (bicyclic) bond motifs is 1. The molecule has 3 aromatic carbocycles. The second-order valence-corrected chi connectivity index (χ2v) is 8.80. The van der Waals surface area contributed by atoms with Gasteiger partial charge in [0, 0.05) is 40.4 Å². The van der Waals surface area contributed by atoms with Crippen molar-refractivity contribution in [3.05, 3.63) is 99.3 Å². The molecule has 0 bridgehead atoms. The van der Waals surface area contributed by atoms with Gasteiger partial charge in [0.1, 0.15) is 5.75 Å². The predicted molar refractivity (Wildman–Crippen MR) is 139 cm³/mol. The molecule has 1 aliphatic rings. The Balaban J connectivity index is 1.73. The van der Waals surface area contributed by atoms with E-state index in [0.717, 1.165) is 22.1 Å². The van der Waals surface area contributed by atoms with Gasteiger partial charge in [-0.1, -0.05) is 60.1 Å². The summed E-state index contributed by atoms with van der Waals surface area (Å²) in [6.45, 7) is 3.90. The number of halogens is 1. The van der Waals surface area contributed by atoms with Crippen LogP contribution >= 0.6 is 11.6 Å². The van der Waals surface area contributed by atoms with Gasteiger partial charge in [-0.05, 0) is 36.8 Å². The Morgan fingerprint density at radius 2 is 1.83 bits per heavy atom. The normalized spacial score (nSPS) is 15.3. The fourth-order valence-electron chi connectivity index (χ4n) is 4.68. The van der Waals surface area contributed by atoms with Crippen molar-refractivity contribution in [1.82, 2.24) is 9.99 Å². The standard InChI is InChI=1S/C28H24ClN3O3/c1-3-35-25-12-8-7-11-20(25)24-16-23(31-32(24)17(2)33)27-26(18-9-5-4-6-10-18)21-15-19(29)13-14-22(21)30-28(27)34/h4-15,24H,3,16H2,1-2H3,(H,30,34)/t24-/m0/s1. The summed E-state index contributed by atoms with van der Waals surface area (Å²) < 4.78 is 5.83. The maximum absolute atomic E-state index is 13.5. The SMILES string of the molecule is CCOc1ccccc1[C@@H]1CC(c2c(-c3ccccc3)c3cc(Cl)ccc3[nH]c2=O)=NN1C(C)=O. The van der Waals surface area contributed by atoms with Gasteiger partial charge in [-0.2, -0.15) is 5.10 Å². The molecule has 0 spiro atoms. The molecule has 7 heteroatoms. The van der Waals surface area contributed by atoms with E-state index in [1.54, 1.807) is 12.1 Å². The zero-order valence-electron chi connectivity index (χ0n) is 19.4. The topological polar surface area (TPSA) is 74.8 Å². The van der Waals surface area contributed by atoms with Crippen LogP contribution in [-0.2, 0) is 4.79 Å². The molecule has 1 N–H and O–H groups in total. The highest BCUT2D eigenvalue weighted by Crippen LogP contribution is 2.40. The second-order valence-electron chi connectivity index (χ2n) is 8.36. The molecule has 0 saturated heterocycles. The van der Waals surface area contributed by atoms with Crippen molar-refractivity contribution in [3.8, 4) is 16.9 Å². The zero-order chi connectivity index (χ0) is 24.5. The van der Waals surface area contributed by atoms with Crippen LogP contribution < -0.4 is 10.3 Å². The Labute approximate surface area is 207 Å². The summed E-state index contributed by atoms with van der Waals surface area (Å²) in [5.74, 6) is 0.489. The summed E-state index contributed by atoms with van der Waals surface area (Å²) in [5, 5.41) is 7.51. The van der Waals surface area contributed by atoms with Gasteiger partial charge >= 0.3 is 0 Å². The van der Waals surface area contributed by atoms with E-state index in [2.05, 4.69) is 10.1 Å². The zero-order valence-corrected chi connectivity index (χ0v) is 20.2. The molecule has 0 fully saturated rings. The molecule has 6 nitrogen and oxygen atoms in total. The fourth-order valence-corrected chi connectivity index (χ4v) is 4.85. The van der Waals surface area contributed by atoms with Crippen molar-refractivity contribution in [1.29, 1.82) is 0 Å². The first kappa shape index (κ1) is 22.9. The Hall–Kier alpha value is -3.90. The van der Waals surface area contributed by atoms with Crippen LogP contribution in [0.2, 0.25) is 5.02 Å². The Bertz CT molecular complexity index is 1510. The largest absolute Gasteiger partial charge is 0.494 e. The summed E-state index contributed by atoms with van der Waals surface area (Å²) in [5.41, 5.74) is 3.86. The molecule has 1 aromatic heterocycles. The number of para-hydroxylation sites is 1. The molecule has 0 radical (unpaired) electrons. The summed E-state index contributed by atoms with van der Waals surface area (Å²) in [6, 6.07) is 22.3. The molecule has 0 saturated carbocycles. The van der Waals surface area contributed by atoms with Crippen LogP contribution in [-0.4, -0.2) is 28.2 Å². The number of benzene rings is 3. The van der Waals surface area contributed by atoms with E-state index in [1.807, 2.05) is 67.6 Å². The van der Waals surface area contributed by atoms with Crippen molar-refractivity contribution >= 4 is 34.1 Å². The molecule has 0 unspecified atom stereocenters. The molecule has 35 heavy (non-hydrogen) atoms. The lowest BCUT2D eigenvalue weighted by Crippen LogP contribution is -2.24. The fraction of sp³-hybridized carbons (Fsp3) is 0.179. The van der Waals surface area contributed by atoms with Crippen LogP contribution in [0.4, 0.5) is 0 Å². The number of H-pyrrole nitrogens is 1. The lowest BCUT2D eigenvalue weighted by molar-refractivity contribution is -0.130. The third-order valence-electron chi connectivity index (χ3n) is 6.14. The van der Waals surface area contributed by atoms with E-state index in [1.165, 1.54) is 11.9 Å². The third kappa shape index (κ3) is 4.21. The van der Waals surface area contributed by atoms with Crippen LogP contribution in [0, 0.1) is 0 Å². The van der Waals surface area contributed by atoms with E-state index in [-0.39, 0.29) is 17.5 Å². The minimum Gasteiger partial charge on any atom is -0.494 e. The molecule has 176 valence electrons. The van der Waals surface area contributed by atoms with Crippen LogP contribution in [0.3, 0.4) is 0 Å². The van der Waals surface area contributed by atoms with Crippen molar-refractivity contribution in [2.45, 2.75) is 26.3 Å². The number of pyridine rings is 1. The number of hydrogen-bond donors (Lipinski definition) is 1. The number of nitrogens with zero attached hydrogens (tertiary/aromatic N) is 2. The van der Waals surface area contributed by atoms with Gasteiger partial charge in [-0.15, -0.1) is 0 Å². The van der Waals surface area contributed by atoms with Crippen molar-refractivity contribution < 1.29 is 9.53 Å². The molecule has 5 rings (SSSR count). The van der Waals surface area contributed by atoms with Gasteiger partial charge in [-0.25, -0.2) is 5.01 Å². The van der Waals surface area contributed by atoms with Gasteiger partial charge in [0.25, 0.3) is 5.56 Å². The number of aromatic amines is 1. The maximum Gasteiger partial charge on any atom is 0.258 e. The van der Waals surface area contributed by atoms with Gasteiger partial charge < -0.3 is 9.72 Å². The van der Waals surface area contributed by atoms with E-state index in [0.29, 0.717) is 40.6 Å². The smallest absolute Gasteiger partial charge is 0.258 e. The Morgan fingerprint density at radius 3 is 2.57 bits per heavy atom. The Morgan fingerprint density at radius 1 is 1.09 bits per heavy atom. The number of aromatic nitrogens is 1. The van der Waals surface area contributed by atoms with Crippen LogP contribution in [0.5, 0.6) is 5.75 Å². The lowest BCUT2D eigenvalue weighted by Gasteiger charge is -2.22.